The van der Waals surface area contributed by atoms with E-state index in [1.165, 1.54) is 0 Å². The molecular formula is C8H8ClN3. The molecule has 0 N–H and O–H groups in total. The Hall–Kier alpha value is -1.09. The molecule has 0 spiro atoms. The van der Waals surface area contributed by atoms with Gasteiger partial charge in [-0.1, -0.05) is 11.6 Å². The van der Waals surface area contributed by atoms with Gasteiger partial charge < -0.3 is 0 Å². The Labute approximate surface area is 75.0 Å². The van der Waals surface area contributed by atoms with Crippen molar-refractivity contribution in [1.29, 1.82) is 0 Å². The van der Waals surface area contributed by atoms with Gasteiger partial charge in [0.25, 0.3) is 0 Å². The third kappa shape index (κ3) is 0.898. The lowest BCUT2D eigenvalue weighted by Gasteiger charge is -2.03. The minimum atomic E-state index is 0.556. The lowest BCUT2D eigenvalue weighted by Crippen LogP contribution is -1.99. The number of nitrogens with zero attached hydrogens (tertiary/aromatic N) is 3. The Bertz CT molecular complexity index is 433. The van der Waals surface area contributed by atoms with Crippen molar-refractivity contribution in [3.05, 3.63) is 28.7 Å². The van der Waals surface area contributed by atoms with E-state index >= 15 is 0 Å². The third-order valence-electron chi connectivity index (χ3n) is 2.01. The van der Waals surface area contributed by atoms with Crippen LogP contribution in [0.4, 0.5) is 0 Å². The molecule has 3 nitrogen and oxygen atoms in total. The Morgan fingerprint density at radius 2 is 2.17 bits per heavy atom. The molecule has 0 atom stereocenters. The van der Waals surface area contributed by atoms with Crippen LogP contribution in [0.5, 0.6) is 0 Å². The van der Waals surface area contributed by atoms with Crippen molar-refractivity contribution in [2.75, 3.05) is 0 Å². The zero-order chi connectivity index (χ0) is 8.72. The van der Waals surface area contributed by atoms with E-state index < -0.39 is 0 Å². The summed E-state index contributed by atoms with van der Waals surface area (Å²) in [6, 6.07) is 1.83. The number of fused-ring (bicyclic) bond motifs is 1. The Balaban J connectivity index is 2.94. The van der Waals surface area contributed by atoms with Crippen molar-refractivity contribution in [2.24, 2.45) is 0 Å². The lowest BCUT2D eigenvalue weighted by atomic mass is 10.3. The zero-order valence-corrected chi connectivity index (χ0v) is 7.63. The van der Waals surface area contributed by atoms with E-state index in [2.05, 4.69) is 10.1 Å². The number of rotatable bonds is 0. The first-order valence-corrected chi connectivity index (χ1v) is 4.04. The van der Waals surface area contributed by atoms with E-state index in [-0.39, 0.29) is 0 Å². The summed E-state index contributed by atoms with van der Waals surface area (Å²) < 4.78 is 1.78. The molecule has 62 valence electrons. The maximum Gasteiger partial charge on any atom is 0.156 e. The summed E-state index contributed by atoms with van der Waals surface area (Å²) in [6.45, 7) is 3.91. The predicted octanol–water partition coefficient (Wildman–Crippen LogP) is 2.00. The van der Waals surface area contributed by atoms with Crippen molar-refractivity contribution >= 4 is 17.2 Å². The summed E-state index contributed by atoms with van der Waals surface area (Å²) in [4.78, 5) is 4.16. The fraction of sp³-hybridized carbons (Fsp3) is 0.250. The van der Waals surface area contributed by atoms with Gasteiger partial charge in [-0.15, -0.1) is 0 Å². The maximum atomic E-state index is 5.90. The van der Waals surface area contributed by atoms with Gasteiger partial charge in [0, 0.05) is 17.3 Å². The first-order valence-electron chi connectivity index (χ1n) is 3.66. The molecule has 2 aromatic heterocycles. The molecule has 0 bridgehead atoms. The van der Waals surface area contributed by atoms with Crippen molar-refractivity contribution in [1.82, 2.24) is 14.6 Å². The summed E-state index contributed by atoms with van der Waals surface area (Å²) in [5.41, 5.74) is 2.81. The highest BCUT2D eigenvalue weighted by Gasteiger charge is 2.05. The van der Waals surface area contributed by atoms with Gasteiger partial charge in [0.15, 0.2) is 5.65 Å². The van der Waals surface area contributed by atoms with Crippen LogP contribution in [0.3, 0.4) is 0 Å². The number of aryl methyl sites for hydroxylation is 1. The molecule has 0 aliphatic carbocycles. The van der Waals surface area contributed by atoms with E-state index in [0.29, 0.717) is 5.15 Å². The molecule has 0 aliphatic rings. The minimum Gasteiger partial charge on any atom is -0.219 e. The van der Waals surface area contributed by atoms with Crippen molar-refractivity contribution in [3.8, 4) is 0 Å². The summed E-state index contributed by atoms with van der Waals surface area (Å²) >= 11 is 5.90. The van der Waals surface area contributed by atoms with Gasteiger partial charge in [0.2, 0.25) is 0 Å². The van der Waals surface area contributed by atoms with Crippen LogP contribution >= 0.6 is 11.6 Å². The van der Waals surface area contributed by atoms with E-state index in [0.717, 1.165) is 16.9 Å². The Morgan fingerprint density at radius 3 is 2.92 bits per heavy atom. The van der Waals surface area contributed by atoms with Gasteiger partial charge in [-0.05, 0) is 13.8 Å². The van der Waals surface area contributed by atoms with Gasteiger partial charge in [-0.2, -0.15) is 5.10 Å². The number of hydrogen-bond acceptors (Lipinski definition) is 2. The van der Waals surface area contributed by atoms with Crippen molar-refractivity contribution < 1.29 is 0 Å². The first-order chi connectivity index (χ1) is 5.70. The molecule has 0 saturated carbocycles. The van der Waals surface area contributed by atoms with E-state index in [1.54, 1.807) is 10.7 Å². The maximum absolute atomic E-state index is 5.90. The quantitative estimate of drug-likeness (QED) is 0.582. The number of halogens is 1. The summed E-state index contributed by atoms with van der Waals surface area (Å²) in [5, 5.41) is 4.67. The van der Waals surface area contributed by atoms with E-state index in [9.17, 15) is 0 Å². The highest BCUT2D eigenvalue weighted by Crippen LogP contribution is 2.16. The molecule has 0 aliphatic heterocycles. The van der Waals surface area contributed by atoms with E-state index in [1.807, 2.05) is 19.9 Å². The average molecular weight is 182 g/mol. The topological polar surface area (TPSA) is 30.2 Å². The van der Waals surface area contributed by atoms with Gasteiger partial charge in [0.05, 0.1) is 6.20 Å². The first kappa shape index (κ1) is 7.55. The monoisotopic (exact) mass is 181 g/mol. The van der Waals surface area contributed by atoms with Crippen LogP contribution in [0.2, 0.25) is 5.15 Å². The fourth-order valence-electron chi connectivity index (χ4n) is 1.13. The van der Waals surface area contributed by atoms with Gasteiger partial charge in [-0.25, -0.2) is 9.50 Å². The van der Waals surface area contributed by atoms with Crippen molar-refractivity contribution in [2.45, 2.75) is 13.8 Å². The highest BCUT2D eigenvalue weighted by atomic mass is 35.5. The van der Waals surface area contributed by atoms with Crippen LogP contribution in [0, 0.1) is 13.8 Å². The zero-order valence-electron chi connectivity index (χ0n) is 6.87. The predicted molar refractivity (Wildman–Crippen MR) is 47.5 cm³/mol. The van der Waals surface area contributed by atoms with Crippen LogP contribution in [0.25, 0.3) is 5.65 Å². The molecule has 0 aromatic carbocycles. The second-order valence-electron chi connectivity index (χ2n) is 2.71. The fourth-order valence-corrected chi connectivity index (χ4v) is 1.36. The number of aromatic nitrogens is 3. The second kappa shape index (κ2) is 2.45. The van der Waals surface area contributed by atoms with Gasteiger partial charge in [0.1, 0.15) is 5.15 Å². The highest BCUT2D eigenvalue weighted by molar-refractivity contribution is 6.30. The summed E-state index contributed by atoms with van der Waals surface area (Å²) in [6.07, 6.45) is 1.71. The SMILES string of the molecule is Cc1c(Cl)nc2ccnn2c1C. The Kier molecular flexibility index (Phi) is 1.54. The van der Waals surface area contributed by atoms with Crippen LogP contribution in [-0.2, 0) is 0 Å². The van der Waals surface area contributed by atoms with Crippen LogP contribution in [0.15, 0.2) is 12.3 Å². The molecule has 2 rings (SSSR count). The molecule has 0 amide bonds. The molecule has 0 radical (unpaired) electrons. The molecule has 0 unspecified atom stereocenters. The van der Waals surface area contributed by atoms with Crippen LogP contribution in [-0.4, -0.2) is 14.6 Å². The molecule has 4 heteroatoms. The summed E-state index contributed by atoms with van der Waals surface area (Å²) in [7, 11) is 0. The molecule has 0 fully saturated rings. The van der Waals surface area contributed by atoms with Gasteiger partial charge in [-0.3, -0.25) is 0 Å². The van der Waals surface area contributed by atoms with Crippen molar-refractivity contribution in [3.63, 3.8) is 0 Å². The largest absolute Gasteiger partial charge is 0.219 e. The third-order valence-corrected chi connectivity index (χ3v) is 2.37. The normalized spacial score (nSPS) is 10.9. The summed E-state index contributed by atoms with van der Waals surface area (Å²) in [5.74, 6) is 0. The average Bonchev–Trinajstić information content (AvgIpc) is 2.48. The molecular weight excluding hydrogens is 174 g/mol. The minimum absolute atomic E-state index is 0.556. The molecule has 12 heavy (non-hydrogen) atoms. The molecule has 2 heterocycles. The lowest BCUT2D eigenvalue weighted by molar-refractivity contribution is 0.881. The van der Waals surface area contributed by atoms with E-state index in [4.69, 9.17) is 11.6 Å². The smallest absolute Gasteiger partial charge is 0.156 e. The Morgan fingerprint density at radius 1 is 1.42 bits per heavy atom. The second-order valence-corrected chi connectivity index (χ2v) is 3.07. The molecule has 2 aromatic rings. The van der Waals surface area contributed by atoms with Gasteiger partial charge >= 0.3 is 0 Å². The molecule has 0 saturated heterocycles. The number of hydrogen-bond donors (Lipinski definition) is 0. The standard InChI is InChI=1S/C8H8ClN3/c1-5-6(2)12-7(3-4-10-12)11-8(5)9/h3-4H,1-2H3. The van der Waals surface area contributed by atoms with Crippen LogP contribution < -0.4 is 0 Å². The van der Waals surface area contributed by atoms with Crippen LogP contribution in [0.1, 0.15) is 11.3 Å².